The molecule has 2 aromatic rings. The van der Waals surface area contributed by atoms with Gasteiger partial charge in [0.2, 0.25) is 0 Å². The second-order valence-corrected chi connectivity index (χ2v) is 19.3. The number of sulfone groups is 1. The lowest BCUT2D eigenvalue weighted by Crippen LogP contribution is -2.49. The molecule has 0 spiro atoms. The van der Waals surface area contributed by atoms with Gasteiger partial charge in [-0.1, -0.05) is 39.0 Å². The molecule has 33 heavy (non-hydrogen) atoms. The Hall–Kier alpha value is -1.64. The Morgan fingerprint density at radius 3 is 2.42 bits per heavy atom. The van der Waals surface area contributed by atoms with Crippen LogP contribution in [0.1, 0.15) is 43.9 Å². The van der Waals surface area contributed by atoms with Crippen molar-refractivity contribution in [3.8, 4) is 16.2 Å². The highest BCUT2D eigenvalue weighted by molar-refractivity contribution is 7.92. The Morgan fingerprint density at radius 1 is 1.15 bits per heavy atom. The summed E-state index contributed by atoms with van der Waals surface area (Å²) in [6, 6.07) is 12.4. The van der Waals surface area contributed by atoms with Gasteiger partial charge in [0.25, 0.3) is 0 Å². The molecule has 8 heteroatoms. The Labute approximate surface area is 203 Å². The lowest BCUT2D eigenvalue weighted by Gasteiger charge is -2.41. The third-order valence-corrected chi connectivity index (χ3v) is 12.3. The highest BCUT2D eigenvalue weighted by atomic mass is 32.2. The van der Waals surface area contributed by atoms with Gasteiger partial charge in [-0.3, -0.25) is 4.79 Å². The van der Waals surface area contributed by atoms with Crippen molar-refractivity contribution < 1.29 is 23.1 Å². The Morgan fingerprint density at radius 2 is 1.85 bits per heavy atom. The van der Waals surface area contributed by atoms with Gasteiger partial charge in [0, 0.05) is 17.8 Å². The molecule has 1 aliphatic rings. The Kier molecular flexibility index (Phi) is 8.12. The van der Waals surface area contributed by atoms with Crippen LogP contribution in [0.4, 0.5) is 0 Å². The first-order valence-electron chi connectivity index (χ1n) is 11.8. The number of hydrogen-bond acceptors (Lipinski definition) is 5. The van der Waals surface area contributed by atoms with Crippen LogP contribution in [0.2, 0.25) is 25.7 Å². The van der Waals surface area contributed by atoms with Crippen molar-refractivity contribution in [3.63, 3.8) is 0 Å². The third-order valence-electron chi connectivity index (χ3n) is 6.44. The summed E-state index contributed by atoms with van der Waals surface area (Å²) in [5.74, 6) is -1.06. The van der Waals surface area contributed by atoms with E-state index in [-0.39, 0.29) is 5.75 Å². The number of carboxylic acids is 1. The maximum atomic E-state index is 13.6. The number of carboxylic acid groups (broad SMARTS) is 1. The van der Waals surface area contributed by atoms with Crippen molar-refractivity contribution >= 4 is 35.2 Å². The molecule has 0 saturated carbocycles. The van der Waals surface area contributed by atoms with Crippen LogP contribution in [0.15, 0.2) is 36.4 Å². The van der Waals surface area contributed by atoms with E-state index in [4.69, 9.17) is 4.74 Å². The van der Waals surface area contributed by atoms with Crippen LogP contribution in [0, 0.1) is 5.92 Å². The van der Waals surface area contributed by atoms with Gasteiger partial charge in [0.15, 0.2) is 9.84 Å². The quantitative estimate of drug-likeness (QED) is 0.374. The fourth-order valence-electron chi connectivity index (χ4n) is 4.65. The first-order valence-corrected chi connectivity index (χ1v) is 18.0. The zero-order valence-electron chi connectivity index (χ0n) is 20.1. The van der Waals surface area contributed by atoms with Crippen LogP contribution in [-0.2, 0) is 19.4 Å². The monoisotopic (exact) mass is 508 g/mol. The van der Waals surface area contributed by atoms with Gasteiger partial charge in [-0.2, -0.15) is 0 Å². The fraction of sp³-hybridized carbons (Fsp3) is 0.560. The maximum absolute atomic E-state index is 13.6. The van der Waals surface area contributed by atoms with Gasteiger partial charge in [-0.25, -0.2) is 8.42 Å². The largest absolute Gasteiger partial charge is 0.494 e. The van der Waals surface area contributed by atoms with Crippen molar-refractivity contribution in [2.24, 2.45) is 5.92 Å². The summed E-state index contributed by atoms with van der Waals surface area (Å²) in [4.78, 5) is 14.1. The number of rotatable bonds is 10. The molecule has 2 atom stereocenters. The lowest BCUT2D eigenvalue weighted by molar-refractivity contribution is -0.143. The molecule has 1 N–H and O–H groups in total. The molecule has 3 rings (SSSR count). The number of carbonyl (C=O) groups is 1. The number of benzene rings is 1. The van der Waals surface area contributed by atoms with Gasteiger partial charge in [-0.15, -0.1) is 11.3 Å². The van der Waals surface area contributed by atoms with Crippen molar-refractivity contribution in [1.82, 2.24) is 0 Å². The second-order valence-electron chi connectivity index (χ2n) is 10.2. The molecular formula is C25H36O5S2Si. The molecule has 1 aromatic carbocycles. The first kappa shape index (κ1) is 26.0. The summed E-state index contributed by atoms with van der Waals surface area (Å²) in [6.07, 6.45) is 3.05. The van der Waals surface area contributed by atoms with Gasteiger partial charge in [-0.05, 0) is 67.6 Å². The maximum Gasteiger partial charge on any atom is 0.308 e. The number of hydrogen-bond donors (Lipinski definition) is 1. The molecule has 1 saturated heterocycles. The molecule has 1 unspecified atom stereocenters. The normalized spacial score (nSPS) is 21.5. The minimum Gasteiger partial charge on any atom is -0.494 e. The summed E-state index contributed by atoms with van der Waals surface area (Å²) in [5, 5.41) is 10.2. The van der Waals surface area contributed by atoms with E-state index in [1.54, 1.807) is 0 Å². The van der Waals surface area contributed by atoms with Crippen LogP contribution in [0.3, 0.4) is 0 Å². The van der Waals surface area contributed by atoms with E-state index in [0.29, 0.717) is 30.7 Å². The topological polar surface area (TPSA) is 80.7 Å². The van der Waals surface area contributed by atoms with Crippen LogP contribution in [0.5, 0.6) is 5.75 Å². The van der Waals surface area contributed by atoms with Crippen LogP contribution < -0.4 is 4.74 Å². The molecule has 0 radical (unpaired) electrons. The molecule has 1 fully saturated rings. The smallest absolute Gasteiger partial charge is 0.308 e. The molecule has 5 nitrogen and oxygen atoms in total. The fourth-order valence-corrected chi connectivity index (χ4v) is 9.92. The molecule has 0 bridgehead atoms. The minimum atomic E-state index is -3.61. The molecule has 1 aromatic heterocycles. The van der Waals surface area contributed by atoms with E-state index in [1.807, 2.05) is 36.4 Å². The molecule has 0 aliphatic carbocycles. The van der Waals surface area contributed by atoms with Crippen LogP contribution in [0.25, 0.3) is 10.4 Å². The standard InChI is InChI=1S/C25H36O5S2Si/c1-5-16-30-20-10-8-19(9-11-20)22-12-13-23(31-22)25(15-6-7-17-32(25,28)29)21(24(26)27)14-18-33(2,3)4/h8-13,21H,5-7,14-18H2,1-4H3,(H,26,27)/t21?,25-/m0/s1. The average molecular weight is 509 g/mol. The van der Waals surface area contributed by atoms with Crippen molar-refractivity contribution in [2.75, 3.05) is 12.4 Å². The minimum absolute atomic E-state index is 0.0560. The summed E-state index contributed by atoms with van der Waals surface area (Å²) < 4.78 is 31.5. The van der Waals surface area contributed by atoms with E-state index in [2.05, 4.69) is 26.6 Å². The second kappa shape index (κ2) is 10.3. The van der Waals surface area contributed by atoms with Gasteiger partial charge in [0.1, 0.15) is 10.5 Å². The predicted molar refractivity (Wildman–Crippen MR) is 139 cm³/mol. The highest BCUT2D eigenvalue weighted by Crippen LogP contribution is 2.51. The zero-order valence-corrected chi connectivity index (χ0v) is 22.7. The van der Waals surface area contributed by atoms with Crippen molar-refractivity contribution in [2.45, 2.75) is 69.5 Å². The SMILES string of the molecule is CCCOc1ccc(-c2ccc([C@@]3(C(CC[Si](C)(C)C)C(=O)O)CCCCS3(=O)=O)s2)cc1. The lowest BCUT2D eigenvalue weighted by atomic mass is 9.83. The van der Waals surface area contributed by atoms with E-state index in [0.717, 1.165) is 35.1 Å². The Bertz CT molecular complexity index is 1050. The molecular weight excluding hydrogens is 472 g/mol. The number of aliphatic carboxylic acids is 1. The molecule has 1 aliphatic heterocycles. The first-order chi connectivity index (χ1) is 15.5. The number of ether oxygens (including phenoxy) is 1. The Balaban J connectivity index is 2.02. The predicted octanol–water partition coefficient (Wildman–Crippen LogP) is 6.43. The van der Waals surface area contributed by atoms with Gasteiger partial charge < -0.3 is 9.84 Å². The molecule has 0 amide bonds. The van der Waals surface area contributed by atoms with E-state index in [9.17, 15) is 18.3 Å². The third kappa shape index (κ3) is 5.71. The van der Waals surface area contributed by atoms with Gasteiger partial charge >= 0.3 is 5.97 Å². The molecule has 182 valence electrons. The molecule has 2 heterocycles. The van der Waals surface area contributed by atoms with E-state index >= 15 is 0 Å². The summed E-state index contributed by atoms with van der Waals surface area (Å²) >= 11 is 1.42. The summed E-state index contributed by atoms with van der Waals surface area (Å²) in [5.41, 5.74) is 0.979. The summed E-state index contributed by atoms with van der Waals surface area (Å²) in [7, 11) is -5.15. The summed E-state index contributed by atoms with van der Waals surface area (Å²) in [6.45, 7) is 9.32. The van der Waals surface area contributed by atoms with Crippen molar-refractivity contribution in [1.29, 1.82) is 0 Å². The zero-order chi connectivity index (χ0) is 24.3. The number of thiophene rings is 1. The average Bonchev–Trinajstić information content (AvgIpc) is 3.23. The van der Waals surface area contributed by atoms with Crippen LogP contribution >= 0.6 is 11.3 Å². The highest BCUT2D eigenvalue weighted by Gasteiger charge is 2.56. The van der Waals surface area contributed by atoms with Gasteiger partial charge in [0.05, 0.1) is 18.3 Å². The van der Waals surface area contributed by atoms with E-state index < -0.39 is 34.5 Å². The van der Waals surface area contributed by atoms with E-state index in [1.165, 1.54) is 11.3 Å². The van der Waals surface area contributed by atoms with Crippen molar-refractivity contribution in [3.05, 3.63) is 41.3 Å². The van der Waals surface area contributed by atoms with Crippen LogP contribution in [-0.4, -0.2) is 39.9 Å².